The van der Waals surface area contributed by atoms with Gasteiger partial charge in [-0.05, 0) is 37.3 Å². The van der Waals surface area contributed by atoms with E-state index in [9.17, 15) is 13.2 Å². The molecule has 2 aromatic carbocycles. The van der Waals surface area contributed by atoms with Gasteiger partial charge in [-0.2, -0.15) is 13.2 Å². The van der Waals surface area contributed by atoms with E-state index in [-0.39, 0.29) is 5.41 Å². The predicted octanol–water partition coefficient (Wildman–Crippen LogP) is 6.82. The highest BCUT2D eigenvalue weighted by atomic mass is 19.4. The summed E-state index contributed by atoms with van der Waals surface area (Å²) in [6, 6.07) is 16.7. The van der Waals surface area contributed by atoms with Gasteiger partial charge in [0.05, 0.1) is 5.41 Å². The Morgan fingerprint density at radius 2 is 1.08 bits per heavy atom. The van der Waals surface area contributed by atoms with Crippen molar-refractivity contribution in [1.29, 1.82) is 0 Å². The first-order valence-electron chi connectivity index (χ1n) is 8.05. The Morgan fingerprint density at radius 1 is 0.625 bits per heavy atom. The Kier molecular flexibility index (Phi) is 6.26. The third kappa shape index (κ3) is 5.40. The van der Waals surface area contributed by atoms with Crippen LogP contribution in [0, 0.1) is 6.92 Å². The van der Waals surface area contributed by atoms with Crippen LogP contribution in [0.15, 0.2) is 54.6 Å². The lowest BCUT2D eigenvalue weighted by Crippen LogP contribution is -2.36. The van der Waals surface area contributed by atoms with Crippen LogP contribution in [0.2, 0.25) is 0 Å². The molecule has 0 atom stereocenters. The topological polar surface area (TPSA) is 0 Å². The second-order valence-corrected chi connectivity index (χ2v) is 7.60. The van der Waals surface area contributed by atoms with Crippen LogP contribution in [0.1, 0.15) is 51.3 Å². The Hall–Kier alpha value is -1.77. The number of hydrogen-bond donors (Lipinski definition) is 0. The lowest BCUT2D eigenvalue weighted by atomic mass is 9.84. The summed E-state index contributed by atoms with van der Waals surface area (Å²) in [6.45, 7) is 11.2. The van der Waals surface area contributed by atoms with Gasteiger partial charge in [0.25, 0.3) is 0 Å². The molecular formula is C21H27F3. The molecule has 0 fully saturated rings. The number of benzene rings is 2. The summed E-state index contributed by atoms with van der Waals surface area (Å²) < 4.78 is 37.6. The minimum atomic E-state index is -4.20. The molecule has 0 saturated heterocycles. The Bertz CT molecular complexity index is 615. The number of hydrogen-bond acceptors (Lipinski definition) is 0. The highest BCUT2D eigenvalue weighted by Crippen LogP contribution is 2.39. The first kappa shape index (κ1) is 20.3. The van der Waals surface area contributed by atoms with Crippen molar-refractivity contribution in [2.45, 2.75) is 58.5 Å². The molecule has 0 aromatic heterocycles. The van der Waals surface area contributed by atoms with E-state index >= 15 is 0 Å². The van der Waals surface area contributed by atoms with Crippen molar-refractivity contribution in [2.24, 2.45) is 0 Å². The van der Waals surface area contributed by atoms with Gasteiger partial charge in [-0.25, -0.2) is 0 Å². The molecular weight excluding hydrogens is 309 g/mol. The van der Waals surface area contributed by atoms with E-state index < -0.39 is 11.6 Å². The summed E-state index contributed by atoms with van der Waals surface area (Å²) in [6.07, 6.45) is -4.20. The molecule has 0 N–H and O–H groups in total. The van der Waals surface area contributed by atoms with Crippen LogP contribution < -0.4 is 0 Å². The Balaban J connectivity index is 0.000000243. The zero-order valence-corrected chi connectivity index (χ0v) is 15.3. The van der Waals surface area contributed by atoms with Crippen molar-refractivity contribution < 1.29 is 13.2 Å². The van der Waals surface area contributed by atoms with Crippen LogP contribution in [0.4, 0.5) is 13.2 Å². The smallest absolute Gasteiger partial charge is 0.170 e. The molecule has 0 aliphatic carbocycles. The van der Waals surface area contributed by atoms with E-state index in [1.54, 1.807) is 18.2 Å². The second-order valence-electron chi connectivity index (χ2n) is 7.60. The Labute approximate surface area is 143 Å². The molecule has 0 aliphatic heterocycles. The SMILES string of the molecule is CC(C)(c1ccccc1)C(F)(F)F.Cc1ccc(C(C)(C)C)cc1. The van der Waals surface area contributed by atoms with Crippen LogP contribution in [-0.4, -0.2) is 6.18 Å². The van der Waals surface area contributed by atoms with E-state index in [0.717, 1.165) is 0 Å². The molecule has 0 saturated carbocycles. The Morgan fingerprint density at radius 3 is 1.46 bits per heavy atom. The molecule has 0 heterocycles. The number of alkyl halides is 3. The number of aryl methyl sites for hydroxylation is 1. The van der Waals surface area contributed by atoms with Crippen LogP contribution in [0.25, 0.3) is 0 Å². The van der Waals surface area contributed by atoms with E-state index in [2.05, 4.69) is 52.0 Å². The highest BCUT2D eigenvalue weighted by molar-refractivity contribution is 5.26. The van der Waals surface area contributed by atoms with Gasteiger partial charge in [0.2, 0.25) is 0 Å². The molecule has 0 spiro atoms. The maximum Gasteiger partial charge on any atom is 0.397 e. The van der Waals surface area contributed by atoms with Gasteiger partial charge >= 0.3 is 6.18 Å². The molecule has 0 nitrogen and oxygen atoms in total. The molecule has 0 radical (unpaired) electrons. The zero-order chi connectivity index (χ0) is 18.6. The molecule has 132 valence electrons. The zero-order valence-electron chi connectivity index (χ0n) is 15.3. The predicted molar refractivity (Wildman–Crippen MR) is 95.4 cm³/mol. The summed E-state index contributed by atoms with van der Waals surface area (Å²) >= 11 is 0. The molecule has 24 heavy (non-hydrogen) atoms. The number of halogens is 3. The summed E-state index contributed by atoms with van der Waals surface area (Å²) in [7, 11) is 0. The quantitative estimate of drug-likeness (QED) is 0.536. The molecule has 0 unspecified atom stereocenters. The van der Waals surface area contributed by atoms with Crippen LogP contribution >= 0.6 is 0 Å². The summed E-state index contributed by atoms with van der Waals surface area (Å²) in [4.78, 5) is 0. The van der Waals surface area contributed by atoms with Gasteiger partial charge < -0.3 is 0 Å². The molecule has 3 heteroatoms. The van der Waals surface area contributed by atoms with E-state index in [4.69, 9.17) is 0 Å². The van der Waals surface area contributed by atoms with Crippen molar-refractivity contribution in [3.8, 4) is 0 Å². The first-order valence-corrected chi connectivity index (χ1v) is 8.05. The average Bonchev–Trinajstić information content (AvgIpc) is 2.47. The standard InChI is InChI=1S/C11H16.C10H11F3/c1-9-5-7-10(8-6-9)11(2,3)4;1-9(2,10(11,12)13)8-6-4-3-5-7-8/h5-8H,1-4H3;3-7H,1-2H3. The average molecular weight is 336 g/mol. The van der Waals surface area contributed by atoms with E-state index in [1.807, 2.05) is 0 Å². The fourth-order valence-corrected chi connectivity index (χ4v) is 2.07. The maximum atomic E-state index is 12.5. The van der Waals surface area contributed by atoms with Crippen LogP contribution in [0.3, 0.4) is 0 Å². The third-order valence-corrected chi connectivity index (χ3v) is 4.12. The second kappa shape index (κ2) is 7.42. The van der Waals surface area contributed by atoms with Gasteiger partial charge in [-0.15, -0.1) is 0 Å². The summed E-state index contributed by atoms with van der Waals surface area (Å²) in [5, 5.41) is 0. The minimum Gasteiger partial charge on any atom is -0.170 e. The fourth-order valence-electron chi connectivity index (χ4n) is 2.07. The van der Waals surface area contributed by atoms with Gasteiger partial charge in [-0.1, -0.05) is 80.9 Å². The molecule has 0 bridgehead atoms. The van der Waals surface area contributed by atoms with Gasteiger partial charge in [0.15, 0.2) is 0 Å². The van der Waals surface area contributed by atoms with E-state index in [0.29, 0.717) is 5.56 Å². The van der Waals surface area contributed by atoms with Crippen molar-refractivity contribution >= 4 is 0 Å². The molecule has 0 aliphatic rings. The largest absolute Gasteiger partial charge is 0.397 e. The summed E-state index contributed by atoms with van der Waals surface area (Å²) in [5.74, 6) is 0. The van der Waals surface area contributed by atoms with Crippen molar-refractivity contribution in [3.05, 3.63) is 71.3 Å². The molecule has 0 amide bonds. The van der Waals surface area contributed by atoms with Gasteiger partial charge in [0, 0.05) is 0 Å². The lowest BCUT2D eigenvalue weighted by Gasteiger charge is -2.28. The normalized spacial score (nSPS) is 12.4. The highest BCUT2D eigenvalue weighted by Gasteiger charge is 2.48. The molecule has 2 rings (SSSR count). The van der Waals surface area contributed by atoms with Gasteiger partial charge in [-0.3, -0.25) is 0 Å². The monoisotopic (exact) mass is 336 g/mol. The van der Waals surface area contributed by atoms with Gasteiger partial charge in [0.1, 0.15) is 0 Å². The third-order valence-electron chi connectivity index (χ3n) is 4.12. The number of rotatable bonds is 1. The van der Waals surface area contributed by atoms with Crippen LogP contribution in [-0.2, 0) is 10.8 Å². The summed E-state index contributed by atoms with van der Waals surface area (Å²) in [5.41, 5.74) is 1.55. The lowest BCUT2D eigenvalue weighted by molar-refractivity contribution is -0.180. The molecule has 2 aromatic rings. The minimum absolute atomic E-state index is 0.285. The van der Waals surface area contributed by atoms with Crippen molar-refractivity contribution in [1.82, 2.24) is 0 Å². The van der Waals surface area contributed by atoms with Crippen LogP contribution in [0.5, 0.6) is 0 Å². The first-order chi connectivity index (χ1) is 10.9. The van der Waals surface area contributed by atoms with Crippen molar-refractivity contribution in [3.63, 3.8) is 0 Å². The fraction of sp³-hybridized carbons (Fsp3) is 0.429. The van der Waals surface area contributed by atoms with E-state index in [1.165, 1.54) is 37.1 Å². The van der Waals surface area contributed by atoms with Crippen molar-refractivity contribution in [2.75, 3.05) is 0 Å². The maximum absolute atomic E-state index is 12.5.